The lowest BCUT2D eigenvalue weighted by Crippen LogP contribution is -2.41. The summed E-state index contributed by atoms with van der Waals surface area (Å²) in [5.74, 6) is 4.37. The summed E-state index contributed by atoms with van der Waals surface area (Å²) >= 11 is 0. The molecule has 0 radical (unpaired) electrons. The topological polar surface area (TPSA) is 141 Å². The van der Waals surface area contributed by atoms with Crippen LogP contribution in [-0.2, 0) is 4.79 Å². The average molecular weight is 345 g/mol. The van der Waals surface area contributed by atoms with Crippen LogP contribution in [0.1, 0.15) is 24.2 Å². The number of aliphatic carboxylic acids is 1. The summed E-state index contributed by atoms with van der Waals surface area (Å²) in [5.41, 5.74) is 7.21. The fourth-order valence-corrected chi connectivity index (χ4v) is 2.02. The number of hydrogen-bond acceptors (Lipinski definition) is 5. The number of quaternary nitrogens is 1. The number of hydrogen-bond donors (Lipinski definition) is 5. The number of carboxylic acid groups (broad SMARTS) is 1. The van der Waals surface area contributed by atoms with Gasteiger partial charge in [0.15, 0.2) is 11.3 Å². The fourth-order valence-electron chi connectivity index (χ4n) is 2.02. The summed E-state index contributed by atoms with van der Waals surface area (Å²) in [6.07, 6.45) is 0. The van der Waals surface area contributed by atoms with Crippen LogP contribution in [0, 0.1) is 0 Å². The van der Waals surface area contributed by atoms with Gasteiger partial charge in [0.2, 0.25) is 0 Å². The lowest BCUT2D eigenvalue weighted by molar-refractivity contribution is -0.253. The van der Waals surface area contributed by atoms with Gasteiger partial charge in [-0.3, -0.25) is 10.6 Å². The molecule has 1 amide bonds. The molecule has 0 fully saturated rings. The van der Waals surface area contributed by atoms with Crippen LogP contribution < -0.4 is 27.1 Å². The molecule has 0 aliphatic carbocycles. The Morgan fingerprint density at radius 1 is 1.16 bits per heavy atom. The predicted octanol–water partition coefficient (Wildman–Crippen LogP) is 1.34. The van der Waals surface area contributed by atoms with Crippen molar-refractivity contribution in [2.45, 2.75) is 19.4 Å². The second kappa shape index (κ2) is 7.20. The van der Waals surface area contributed by atoms with Crippen LogP contribution in [-0.4, -0.2) is 22.6 Å². The van der Waals surface area contributed by atoms with Crippen molar-refractivity contribution in [1.29, 1.82) is 0 Å². The van der Waals surface area contributed by atoms with Gasteiger partial charge in [-0.15, -0.1) is 0 Å². The Hall–Kier alpha value is -3.10. The fraction of sp³-hybridized carbons (Fsp3) is 0.176. The second-order valence-corrected chi connectivity index (χ2v) is 5.91. The molecule has 0 aliphatic heterocycles. The summed E-state index contributed by atoms with van der Waals surface area (Å²) < 4.78 is 5.41. The molecule has 8 nitrogen and oxygen atoms in total. The molecule has 2 aromatic carbocycles. The summed E-state index contributed by atoms with van der Waals surface area (Å²) in [6.45, 7) is 2.92. The van der Waals surface area contributed by atoms with Crippen molar-refractivity contribution in [2.24, 2.45) is 5.84 Å². The molecule has 0 unspecified atom stereocenters. The van der Waals surface area contributed by atoms with Crippen LogP contribution in [0.25, 0.3) is 0 Å². The highest BCUT2D eigenvalue weighted by Gasteiger charge is 2.29. The van der Waals surface area contributed by atoms with Crippen molar-refractivity contribution in [3.05, 3.63) is 48.0 Å². The van der Waals surface area contributed by atoms with Gasteiger partial charge in [0.1, 0.15) is 11.4 Å². The zero-order valence-corrected chi connectivity index (χ0v) is 14.0. The number of nitrogens with one attached hydrogen (secondary N) is 2. The van der Waals surface area contributed by atoms with Crippen molar-refractivity contribution in [3.63, 3.8) is 0 Å². The molecule has 0 bridgehead atoms. The molecule has 0 saturated carbocycles. The average Bonchev–Trinajstić information content (AvgIpc) is 2.56. The van der Waals surface area contributed by atoms with Crippen molar-refractivity contribution in [3.8, 4) is 5.75 Å². The van der Waals surface area contributed by atoms with Gasteiger partial charge in [-0.2, -0.15) is 0 Å². The van der Waals surface area contributed by atoms with E-state index in [1.54, 1.807) is 42.5 Å². The minimum atomic E-state index is -1.34. The normalized spacial score (nSPS) is 10.9. The molecule has 8 heteroatoms. The Kier molecular flexibility index (Phi) is 5.26. The smallest absolute Gasteiger partial charge is 0.347 e. The Morgan fingerprint density at radius 3 is 2.32 bits per heavy atom. The summed E-state index contributed by atoms with van der Waals surface area (Å²) in [4.78, 5) is 23.3. The Labute approximate surface area is 144 Å². The number of amides is 1. The van der Waals surface area contributed by atoms with E-state index >= 15 is 0 Å². The first-order chi connectivity index (χ1) is 11.7. The maximum absolute atomic E-state index is 12.3. The zero-order chi connectivity index (χ0) is 18.6. The molecule has 0 aromatic heterocycles. The first kappa shape index (κ1) is 18.2. The van der Waals surface area contributed by atoms with Crippen molar-refractivity contribution >= 4 is 28.9 Å². The number of benzene rings is 2. The Morgan fingerprint density at radius 2 is 1.80 bits per heavy atom. The quantitative estimate of drug-likeness (QED) is 0.395. The van der Waals surface area contributed by atoms with E-state index in [0.717, 1.165) is 0 Å². The Bertz CT molecular complexity index is 788. The number of rotatable bonds is 6. The highest BCUT2D eigenvalue weighted by atomic mass is 16.5. The van der Waals surface area contributed by atoms with Crippen molar-refractivity contribution in [1.82, 2.24) is 0 Å². The molecule has 0 saturated heterocycles. The van der Waals surface area contributed by atoms with Gasteiger partial charge in [0.25, 0.3) is 5.91 Å². The highest BCUT2D eigenvalue weighted by Crippen LogP contribution is 2.22. The van der Waals surface area contributed by atoms with Gasteiger partial charge in [-0.05, 0) is 50.2 Å². The summed E-state index contributed by atoms with van der Waals surface area (Å²) in [5, 5.41) is 11.8. The predicted molar refractivity (Wildman–Crippen MR) is 93.5 cm³/mol. The largest absolute Gasteiger partial charge is 0.478 e. The van der Waals surface area contributed by atoms with Crippen LogP contribution in [0.5, 0.6) is 5.75 Å². The standard InChI is InChI=1S/C17H20N4O4/c1-17(2,16(23)24)25-12-6-4-11(5-7-12)20-15(22)10-3-8-14(21-19)13(18)9-10/h3-9,21H,18-19H2,1-2H3,(H,20,22)(H,23,24)/p+1. The number of nitrogens with two attached hydrogens (primary N) is 1. The second-order valence-electron chi connectivity index (χ2n) is 5.91. The lowest BCUT2D eigenvalue weighted by atomic mass is 10.1. The highest BCUT2D eigenvalue weighted by molar-refractivity contribution is 6.05. The van der Waals surface area contributed by atoms with Crippen LogP contribution >= 0.6 is 0 Å². The van der Waals surface area contributed by atoms with Gasteiger partial charge in [-0.1, -0.05) is 0 Å². The molecule has 0 heterocycles. The molecule has 0 atom stereocenters. The van der Waals surface area contributed by atoms with E-state index in [-0.39, 0.29) is 5.91 Å². The maximum Gasteiger partial charge on any atom is 0.347 e. The SMILES string of the molecule is CC(C)(Oc1ccc(NC(=O)c2ccc(NN)c([NH3+])c2)cc1)C(=O)O. The van der Waals surface area contributed by atoms with Crippen LogP contribution in [0.3, 0.4) is 0 Å². The van der Waals surface area contributed by atoms with Gasteiger partial charge in [0, 0.05) is 17.3 Å². The van der Waals surface area contributed by atoms with E-state index in [1.807, 2.05) is 0 Å². The first-order valence-corrected chi connectivity index (χ1v) is 7.49. The molecule has 0 spiro atoms. The molecule has 25 heavy (non-hydrogen) atoms. The summed E-state index contributed by atoms with van der Waals surface area (Å²) in [7, 11) is 0. The molecule has 0 aliphatic rings. The van der Waals surface area contributed by atoms with E-state index in [1.165, 1.54) is 13.8 Å². The van der Waals surface area contributed by atoms with Crippen LogP contribution in [0.4, 0.5) is 17.1 Å². The molecule has 2 rings (SSSR count). The van der Waals surface area contributed by atoms with Crippen molar-refractivity contribution in [2.75, 3.05) is 10.7 Å². The number of carbonyl (C=O) groups is 2. The number of ether oxygens (including phenoxy) is 1. The number of carboxylic acids is 1. The van der Waals surface area contributed by atoms with Crippen LogP contribution in [0.15, 0.2) is 42.5 Å². The number of hydrazine groups is 1. The molecule has 132 valence electrons. The number of carbonyl (C=O) groups excluding carboxylic acids is 1. The van der Waals surface area contributed by atoms with Gasteiger partial charge < -0.3 is 26.3 Å². The van der Waals surface area contributed by atoms with Crippen molar-refractivity contribution < 1.29 is 25.2 Å². The third-order valence-electron chi connectivity index (χ3n) is 3.52. The first-order valence-electron chi connectivity index (χ1n) is 7.49. The van der Waals surface area contributed by atoms with Gasteiger partial charge in [-0.25, -0.2) is 4.79 Å². The van der Waals surface area contributed by atoms with Crippen LogP contribution in [0.2, 0.25) is 0 Å². The van der Waals surface area contributed by atoms with Gasteiger partial charge >= 0.3 is 5.97 Å². The summed E-state index contributed by atoms with van der Waals surface area (Å²) in [6, 6.07) is 11.4. The van der Waals surface area contributed by atoms with Gasteiger partial charge in [0.05, 0.1) is 0 Å². The molecular weight excluding hydrogens is 324 g/mol. The third kappa shape index (κ3) is 4.46. The van der Waals surface area contributed by atoms with E-state index in [9.17, 15) is 9.59 Å². The van der Waals surface area contributed by atoms with E-state index < -0.39 is 11.6 Å². The van der Waals surface area contributed by atoms with E-state index in [0.29, 0.717) is 28.4 Å². The third-order valence-corrected chi connectivity index (χ3v) is 3.52. The monoisotopic (exact) mass is 345 g/mol. The maximum atomic E-state index is 12.3. The van der Waals surface area contributed by atoms with E-state index in [2.05, 4.69) is 16.5 Å². The minimum absolute atomic E-state index is 0.298. The lowest BCUT2D eigenvalue weighted by Gasteiger charge is -2.21. The molecule has 2 aromatic rings. The van der Waals surface area contributed by atoms with E-state index in [4.69, 9.17) is 15.7 Å². The zero-order valence-electron chi connectivity index (χ0n) is 14.0. The molecular formula is C17H21N4O4+. The number of anilines is 2. The Balaban J connectivity index is 2.07. The molecule has 8 N–H and O–H groups in total. The number of nitrogen functional groups attached to an aromatic ring is 1. The minimum Gasteiger partial charge on any atom is -0.478 e.